The molecule has 116 valence electrons. The summed E-state index contributed by atoms with van der Waals surface area (Å²) in [6, 6.07) is 15.7. The maximum atomic E-state index is 14.3. The average Bonchev–Trinajstić information content (AvgIpc) is 2.56. The molecule has 0 aliphatic heterocycles. The smallest absolute Gasteiger partial charge is 0.262 e. The molecule has 0 atom stereocenters. The summed E-state index contributed by atoms with van der Waals surface area (Å²) in [6.07, 6.45) is 2.97. The van der Waals surface area contributed by atoms with Crippen molar-refractivity contribution in [1.82, 2.24) is 4.98 Å². The summed E-state index contributed by atoms with van der Waals surface area (Å²) < 4.78 is 42.0. The van der Waals surface area contributed by atoms with Crippen LogP contribution in [0.4, 0.5) is 10.1 Å². The van der Waals surface area contributed by atoms with Crippen LogP contribution in [0.15, 0.2) is 78.0 Å². The predicted molar refractivity (Wildman–Crippen MR) is 86.9 cm³/mol. The van der Waals surface area contributed by atoms with Crippen LogP contribution in [0.5, 0.6) is 0 Å². The van der Waals surface area contributed by atoms with Gasteiger partial charge in [0.1, 0.15) is 5.82 Å². The zero-order valence-electron chi connectivity index (χ0n) is 12.0. The number of nitrogens with one attached hydrogen (secondary N) is 1. The van der Waals surface area contributed by atoms with Gasteiger partial charge in [-0.1, -0.05) is 30.3 Å². The van der Waals surface area contributed by atoms with Crippen LogP contribution in [-0.2, 0) is 10.0 Å². The van der Waals surface area contributed by atoms with Gasteiger partial charge in [0.2, 0.25) is 0 Å². The SMILES string of the molecule is O=S(=O)(Nc1ccccc1)c1cccc(F)c1-c1cccnc1. The van der Waals surface area contributed by atoms with Crippen molar-refractivity contribution in [2.45, 2.75) is 4.90 Å². The van der Waals surface area contributed by atoms with E-state index in [-0.39, 0.29) is 10.5 Å². The van der Waals surface area contributed by atoms with Crippen molar-refractivity contribution in [3.63, 3.8) is 0 Å². The molecule has 0 saturated carbocycles. The molecule has 3 aromatic rings. The summed E-state index contributed by atoms with van der Waals surface area (Å²) in [6.45, 7) is 0. The number of anilines is 1. The van der Waals surface area contributed by atoms with Crippen molar-refractivity contribution in [3.8, 4) is 11.1 Å². The first-order valence-corrected chi connectivity index (χ1v) is 8.33. The van der Waals surface area contributed by atoms with Crippen LogP contribution in [-0.4, -0.2) is 13.4 Å². The standard InChI is InChI=1S/C17H13FN2O2S/c18-15-9-4-10-16(17(15)13-6-5-11-19-12-13)23(21,22)20-14-7-2-1-3-8-14/h1-12,20H. The van der Waals surface area contributed by atoms with Gasteiger partial charge in [0.05, 0.1) is 4.90 Å². The zero-order valence-corrected chi connectivity index (χ0v) is 12.8. The van der Waals surface area contributed by atoms with E-state index in [0.29, 0.717) is 11.3 Å². The van der Waals surface area contributed by atoms with Crippen molar-refractivity contribution in [2.24, 2.45) is 0 Å². The number of nitrogens with zero attached hydrogens (tertiary/aromatic N) is 1. The lowest BCUT2D eigenvalue weighted by molar-refractivity contribution is 0.597. The van der Waals surface area contributed by atoms with Gasteiger partial charge in [-0.05, 0) is 30.3 Å². The Morgan fingerprint density at radius 2 is 1.70 bits per heavy atom. The summed E-state index contributed by atoms with van der Waals surface area (Å²) in [7, 11) is -3.93. The number of aromatic nitrogens is 1. The lowest BCUT2D eigenvalue weighted by atomic mass is 10.1. The fourth-order valence-corrected chi connectivity index (χ4v) is 3.53. The van der Waals surface area contributed by atoms with E-state index < -0.39 is 15.8 Å². The van der Waals surface area contributed by atoms with Gasteiger partial charge in [-0.3, -0.25) is 9.71 Å². The van der Waals surface area contributed by atoms with Gasteiger partial charge in [-0.15, -0.1) is 0 Å². The Morgan fingerprint density at radius 3 is 2.39 bits per heavy atom. The molecule has 1 N–H and O–H groups in total. The molecule has 6 heteroatoms. The molecule has 0 saturated heterocycles. The van der Waals surface area contributed by atoms with Crippen LogP contribution >= 0.6 is 0 Å². The van der Waals surface area contributed by atoms with E-state index in [4.69, 9.17) is 0 Å². The van der Waals surface area contributed by atoms with Crippen molar-refractivity contribution >= 4 is 15.7 Å². The van der Waals surface area contributed by atoms with Gasteiger partial charge in [0, 0.05) is 29.2 Å². The molecule has 23 heavy (non-hydrogen) atoms. The van der Waals surface area contributed by atoms with E-state index in [1.165, 1.54) is 24.4 Å². The molecule has 0 radical (unpaired) electrons. The molecule has 0 fully saturated rings. The van der Waals surface area contributed by atoms with E-state index >= 15 is 0 Å². The Labute approximate surface area is 133 Å². The van der Waals surface area contributed by atoms with E-state index in [2.05, 4.69) is 9.71 Å². The van der Waals surface area contributed by atoms with Crippen molar-refractivity contribution < 1.29 is 12.8 Å². The third-order valence-electron chi connectivity index (χ3n) is 3.24. The van der Waals surface area contributed by atoms with Crippen LogP contribution in [0.3, 0.4) is 0 Å². The molecule has 2 aromatic carbocycles. The van der Waals surface area contributed by atoms with Crippen LogP contribution in [0.2, 0.25) is 0 Å². The molecule has 0 bridgehead atoms. The number of para-hydroxylation sites is 1. The minimum absolute atomic E-state index is 0.00373. The summed E-state index contributed by atoms with van der Waals surface area (Å²) >= 11 is 0. The Balaban J connectivity index is 2.12. The van der Waals surface area contributed by atoms with Crippen LogP contribution < -0.4 is 4.72 Å². The van der Waals surface area contributed by atoms with E-state index in [1.54, 1.807) is 48.7 Å². The highest BCUT2D eigenvalue weighted by atomic mass is 32.2. The number of halogens is 1. The average molecular weight is 328 g/mol. The molecule has 3 rings (SSSR count). The second-order valence-electron chi connectivity index (χ2n) is 4.83. The number of hydrogen-bond donors (Lipinski definition) is 1. The van der Waals surface area contributed by atoms with Gasteiger partial charge in [-0.2, -0.15) is 0 Å². The van der Waals surface area contributed by atoms with E-state index in [1.807, 2.05) is 0 Å². The van der Waals surface area contributed by atoms with Crippen molar-refractivity contribution in [1.29, 1.82) is 0 Å². The number of sulfonamides is 1. The molecular weight excluding hydrogens is 315 g/mol. The molecule has 1 aromatic heterocycles. The highest BCUT2D eigenvalue weighted by molar-refractivity contribution is 7.92. The third-order valence-corrected chi connectivity index (χ3v) is 4.66. The number of hydrogen-bond acceptors (Lipinski definition) is 3. The highest BCUT2D eigenvalue weighted by Crippen LogP contribution is 2.30. The van der Waals surface area contributed by atoms with E-state index in [9.17, 15) is 12.8 Å². The minimum atomic E-state index is -3.93. The minimum Gasteiger partial charge on any atom is -0.280 e. The van der Waals surface area contributed by atoms with E-state index in [0.717, 1.165) is 0 Å². The first-order valence-electron chi connectivity index (χ1n) is 6.85. The quantitative estimate of drug-likeness (QED) is 0.794. The highest BCUT2D eigenvalue weighted by Gasteiger charge is 2.22. The zero-order chi connectivity index (χ0) is 16.3. The van der Waals surface area contributed by atoms with Gasteiger partial charge < -0.3 is 0 Å². The normalized spacial score (nSPS) is 11.2. The summed E-state index contributed by atoms with van der Waals surface area (Å²) in [5.74, 6) is -0.617. The monoisotopic (exact) mass is 328 g/mol. The van der Waals surface area contributed by atoms with Gasteiger partial charge in [0.25, 0.3) is 10.0 Å². The topological polar surface area (TPSA) is 59.1 Å². The summed E-state index contributed by atoms with van der Waals surface area (Å²) in [5, 5.41) is 0. The second-order valence-corrected chi connectivity index (χ2v) is 6.48. The van der Waals surface area contributed by atoms with Crippen molar-refractivity contribution in [3.05, 3.63) is 78.9 Å². The second kappa shape index (κ2) is 6.18. The molecule has 0 spiro atoms. The fraction of sp³-hybridized carbons (Fsp3) is 0. The third kappa shape index (κ3) is 3.22. The molecule has 0 unspecified atom stereocenters. The van der Waals surface area contributed by atoms with Gasteiger partial charge in [-0.25, -0.2) is 12.8 Å². The van der Waals surface area contributed by atoms with Gasteiger partial charge >= 0.3 is 0 Å². The predicted octanol–water partition coefficient (Wildman–Crippen LogP) is 3.69. The number of rotatable bonds is 4. The number of benzene rings is 2. The fourth-order valence-electron chi connectivity index (χ4n) is 2.24. The number of pyridine rings is 1. The molecule has 1 heterocycles. The molecule has 0 aliphatic carbocycles. The summed E-state index contributed by atoms with van der Waals surface area (Å²) in [4.78, 5) is 3.80. The van der Waals surface area contributed by atoms with Crippen molar-refractivity contribution in [2.75, 3.05) is 4.72 Å². The first-order chi connectivity index (χ1) is 11.1. The lowest BCUT2D eigenvalue weighted by Crippen LogP contribution is -2.14. The summed E-state index contributed by atoms with van der Waals surface area (Å²) in [5.41, 5.74) is 0.817. The van der Waals surface area contributed by atoms with Crippen LogP contribution in [0, 0.1) is 5.82 Å². The first kappa shape index (κ1) is 15.2. The Hall–Kier alpha value is -2.73. The van der Waals surface area contributed by atoms with Crippen LogP contribution in [0.25, 0.3) is 11.1 Å². The maximum Gasteiger partial charge on any atom is 0.262 e. The molecule has 0 aliphatic rings. The van der Waals surface area contributed by atoms with Gasteiger partial charge in [0.15, 0.2) is 0 Å². The molecular formula is C17H13FN2O2S. The largest absolute Gasteiger partial charge is 0.280 e. The molecule has 4 nitrogen and oxygen atoms in total. The lowest BCUT2D eigenvalue weighted by Gasteiger charge is -2.13. The Bertz CT molecular complexity index is 914. The maximum absolute atomic E-state index is 14.3. The Morgan fingerprint density at radius 1 is 0.913 bits per heavy atom. The molecule has 0 amide bonds. The van der Waals surface area contributed by atoms with Crippen LogP contribution in [0.1, 0.15) is 0 Å². The Kier molecular flexibility index (Phi) is 4.08.